The maximum atomic E-state index is 15.1. The number of hydrogen-bond donors (Lipinski definition) is 1. The van der Waals surface area contributed by atoms with Crippen molar-refractivity contribution in [1.29, 1.82) is 0 Å². The van der Waals surface area contributed by atoms with E-state index in [1.807, 2.05) is 13.8 Å². The van der Waals surface area contributed by atoms with Crippen LogP contribution in [0.2, 0.25) is 0 Å². The number of carbonyl (C=O) groups excluding carboxylic acids is 2. The summed E-state index contributed by atoms with van der Waals surface area (Å²) in [5, 5.41) is 13.3. The van der Waals surface area contributed by atoms with Crippen molar-refractivity contribution in [2.45, 2.75) is 39.8 Å². The summed E-state index contributed by atoms with van der Waals surface area (Å²) >= 11 is 0. The van der Waals surface area contributed by atoms with E-state index in [1.54, 1.807) is 6.07 Å². The Kier molecular flexibility index (Phi) is 5.72. The van der Waals surface area contributed by atoms with Gasteiger partial charge < -0.3 is 10.2 Å². The summed E-state index contributed by atoms with van der Waals surface area (Å²) in [6.07, 6.45) is 3.47. The summed E-state index contributed by atoms with van der Waals surface area (Å²) in [4.78, 5) is 38.7. The molecule has 0 unspecified atom stereocenters. The molecule has 0 spiro atoms. The fraction of sp³-hybridized carbons (Fsp3) is 0.280. The van der Waals surface area contributed by atoms with Gasteiger partial charge in [0.05, 0.1) is 17.0 Å². The normalized spacial score (nSPS) is 18.1. The molecule has 2 aliphatic heterocycles. The van der Waals surface area contributed by atoms with Crippen molar-refractivity contribution in [3.63, 3.8) is 0 Å². The first-order valence-corrected chi connectivity index (χ1v) is 10.9. The van der Waals surface area contributed by atoms with E-state index in [1.165, 1.54) is 36.4 Å². The number of carbonyl (C=O) groups is 2. The molecule has 2 aliphatic rings. The van der Waals surface area contributed by atoms with E-state index in [2.05, 4.69) is 30.1 Å². The van der Waals surface area contributed by atoms with Gasteiger partial charge in [0.25, 0.3) is 11.6 Å². The summed E-state index contributed by atoms with van der Waals surface area (Å²) in [5.74, 6) is -1.09. The molecule has 1 saturated heterocycles. The number of nitrogens with zero attached hydrogens (tertiary/aromatic N) is 3. The van der Waals surface area contributed by atoms with Crippen LogP contribution in [-0.4, -0.2) is 33.8 Å². The van der Waals surface area contributed by atoms with Gasteiger partial charge in [0.1, 0.15) is 11.5 Å². The van der Waals surface area contributed by atoms with Crippen LogP contribution >= 0.6 is 0 Å². The van der Waals surface area contributed by atoms with Crippen molar-refractivity contribution in [2.24, 2.45) is 0 Å². The van der Waals surface area contributed by atoms with Crippen molar-refractivity contribution in [3.8, 4) is 0 Å². The summed E-state index contributed by atoms with van der Waals surface area (Å²) < 4.78 is 15.1. The SMILES string of the molecule is CCN1c2cc(F)c(/C=C3/NC(=O)N(Cc4ccc([N+](=O)[O-])cc4)C3=O)cc2C(C)=CC1(C)C. The number of benzene rings is 2. The van der Waals surface area contributed by atoms with Gasteiger partial charge in [-0.3, -0.25) is 19.8 Å². The van der Waals surface area contributed by atoms with Crippen LogP contribution in [0.5, 0.6) is 0 Å². The molecule has 0 aliphatic carbocycles. The molecule has 2 aromatic carbocycles. The number of anilines is 1. The molecule has 4 rings (SSSR count). The summed E-state index contributed by atoms with van der Waals surface area (Å²) in [5.41, 5.74) is 3.04. The fourth-order valence-electron chi connectivity index (χ4n) is 4.58. The molecule has 0 radical (unpaired) electrons. The highest BCUT2D eigenvalue weighted by Crippen LogP contribution is 2.40. The van der Waals surface area contributed by atoms with E-state index in [0.29, 0.717) is 12.1 Å². The second-order valence-corrected chi connectivity index (χ2v) is 8.92. The smallest absolute Gasteiger partial charge is 0.329 e. The minimum atomic E-state index is -0.636. The van der Waals surface area contributed by atoms with Gasteiger partial charge in [-0.2, -0.15) is 0 Å². The largest absolute Gasteiger partial charge is 0.363 e. The molecule has 0 saturated carbocycles. The molecule has 8 nitrogen and oxygen atoms in total. The van der Waals surface area contributed by atoms with Crippen LogP contribution < -0.4 is 10.2 Å². The van der Waals surface area contributed by atoms with Crippen LogP contribution in [0.15, 0.2) is 48.2 Å². The van der Waals surface area contributed by atoms with E-state index in [9.17, 15) is 19.7 Å². The lowest BCUT2D eigenvalue weighted by atomic mass is 9.88. The number of likely N-dealkylation sites (N-methyl/N-ethyl adjacent to an activating group) is 1. The summed E-state index contributed by atoms with van der Waals surface area (Å²) in [6, 6.07) is 8.12. The predicted octanol–water partition coefficient (Wildman–Crippen LogP) is 4.85. The van der Waals surface area contributed by atoms with Gasteiger partial charge in [-0.1, -0.05) is 18.2 Å². The number of nitrogens with one attached hydrogen (secondary N) is 1. The average Bonchev–Trinajstić information content (AvgIpc) is 3.02. The van der Waals surface area contributed by atoms with Crippen molar-refractivity contribution in [3.05, 3.63) is 80.8 Å². The number of fused-ring (bicyclic) bond motifs is 1. The highest BCUT2D eigenvalue weighted by molar-refractivity contribution is 6.14. The Morgan fingerprint density at radius 3 is 2.47 bits per heavy atom. The number of halogens is 1. The Bertz CT molecular complexity index is 1260. The number of allylic oxidation sites excluding steroid dienone is 1. The number of rotatable bonds is 5. The lowest BCUT2D eigenvalue weighted by molar-refractivity contribution is -0.384. The van der Waals surface area contributed by atoms with Gasteiger partial charge in [0.2, 0.25) is 0 Å². The fourth-order valence-corrected chi connectivity index (χ4v) is 4.58. The number of nitro groups is 1. The molecule has 0 bridgehead atoms. The number of imide groups is 1. The topological polar surface area (TPSA) is 95.8 Å². The van der Waals surface area contributed by atoms with Crippen molar-refractivity contribution < 1.29 is 18.9 Å². The lowest BCUT2D eigenvalue weighted by Crippen LogP contribution is -2.45. The van der Waals surface area contributed by atoms with Gasteiger partial charge in [0, 0.05) is 35.5 Å². The van der Waals surface area contributed by atoms with E-state index >= 15 is 4.39 Å². The maximum Gasteiger partial charge on any atom is 0.329 e. The number of amides is 3. The monoisotopic (exact) mass is 464 g/mol. The molecule has 3 amide bonds. The second-order valence-electron chi connectivity index (χ2n) is 8.92. The maximum absolute atomic E-state index is 15.1. The zero-order valence-corrected chi connectivity index (χ0v) is 19.4. The lowest BCUT2D eigenvalue weighted by Gasteiger charge is -2.42. The van der Waals surface area contributed by atoms with Crippen LogP contribution in [0.4, 0.5) is 20.6 Å². The van der Waals surface area contributed by atoms with Gasteiger partial charge >= 0.3 is 6.03 Å². The van der Waals surface area contributed by atoms with E-state index in [0.717, 1.165) is 21.7 Å². The van der Waals surface area contributed by atoms with Gasteiger partial charge in [-0.05, 0) is 57.0 Å². The van der Waals surface area contributed by atoms with E-state index < -0.39 is 22.7 Å². The molecular weight excluding hydrogens is 439 g/mol. The molecule has 176 valence electrons. The standard InChI is InChI=1S/C25H25FN4O4/c1-5-29-22-12-20(26)17(10-19(22)15(2)13-25(29,3)4)11-21-23(31)28(24(32)27-21)14-16-6-8-18(9-7-16)30(33)34/h6-13H,5,14H2,1-4H3,(H,27,32)/b21-11+. The molecular formula is C25H25FN4O4. The van der Waals surface area contributed by atoms with Crippen LogP contribution in [0.1, 0.15) is 44.4 Å². The van der Waals surface area contributed by atoms with E-state index in [-0.39, 0.29) is 29.0 Å². The molecule has 9 heteroatoms. The first-order valence-electron chi connectivity index (χ1n) is 10.9. The number of hydrogen-bond acceptors (Lipinski definition) is 5. The molecule has 2 heterocycles. The minimum absolute atomic E-state index is 0.0316. The van der Waals surface area contributed by atoms with Gasteiger partial charge in [-0.25, -0.2) is 9.18 Å². The Balaban J connectivity index is 1.62. The highest BCUT2D eigenvalue weighted by Gasteiger charge is 2.35. The number of non-ortho nitro benzene ring substituents is 1. The van der Waals surface area contributed by atoms with Crippen LogP contribution in [-0.2, 0) is 11.3 Å². The predicted molar refractivity (Wildman–Crippen MR) is 127 cm³/mol. The van der Waals surface area contributed by atoms with Crippen molar-refractivity contribution in [1.82, 2.24) is 10.2 Å². The van der Waals surface area contributed by atoms with Crippen LogP contribution in [0.25, 0.3) is 11.6 Å². The highest BCUT2D eigenvalue weighted by atomic mass is 19.1. The minimum Gasteiger partial charge on any atom is -0.363 e. The average molecular weight is 464 g/mol. The van der Waals surface area contributed by atoms with Crippen LogP contribution in [0.3, 0.4) is 0 Å². The zero-order valence-electron chi connectivity index (χ0n) is 19.4. The number of urea groups is 1. The Labute approximate surface area is 196 Å². The Morgan fingerprint density at radius 1 is 1.18 bits per heavy atom. The van der Waals surface area contributed by atoms with Crippen LogP contribution in [0, 0.1) is 15.9 Å². The summed E-state index contributed by atoms with van der Waals surface area (Å²) in [7, 11) is 0. The second kappa shape index (κ2) is 8.40. The molecule has 0 atom stereocenters. The third-order valence-corrected chi connectivity index (χ3v) is 6.16. The molecule has 1 fully saturated rings. The van der Waals surface area contributed by atoms with Crippen molar-refractivity contribution in [2.75, 3.05) is 11.4 Å². The zero-order chi connectivity index (χ0) is 24.8. The van der Waals surface area contributed by atoms with E-state index in [4.69, 9.17) is 0 Å². The third-order valence-electron chi connectivity index (χ3n) is 6.16. The Morgan fingerprint density at radius 2 is 1.85 bits per heavy atom. The third kappa shape index (κ3) is 4.05. The van der Waals surface area contributed by atoms with Gasteiger partial charge in [0.15, 0.2) is 0 Å². The quantitative estimate of drug-likeness (QED) is 0.295. The molecule has 0 aromatic heterocycles. The first kappa shape index (κ1) is 23.2. The molecule has 34 heavy (non-hydrogen) atoms. The van der Waals surface area contributed by atoms with Crippen molar-refractivity contribution >= 4 is 35.0 Å². The number of nitro benzene ring substituents is 1. The Hall–Kier alpha value is -4.01. The molecule has 2 aromatic rings. The first-order chi connectivity index (χ1) is 16.0. The summed E-state index contributed by atoms with van der Waals surface area (Å²) in [6.45, 7) is 8.77. The molecule has 1 N–H and O–H groups in total. The van der Waals surface area contributed by atoms with Gasteiger partial charge in [-0.15, -0.1) is 0 Å².